The summed E-state index contributed by atoms with van der Waals surface area (Å²) >= 11 is 0. The van der Waals surface area contributed by atoms with E-state index < -0.39 is 10.1 Å². The second-order valence-corrected chi connectivity index (χ2v) is 6.91. The van der Waals surface area contributed by atoms with E-state index in [1.54, 1.807) is 30.5 Å². The lowest BCUT2D eigenvalue weighted by atomic mass is 10.2. The number of hydrogen-bond donors (Lipinski definition) is 0. The fourth-order valence-corrected chi connectivity index (χ4v) is 2.89. The molecular weight excluding hydrogens is 290 g/mol. The maximum Gasteiger partial charge on any atom is 0.296 e. The third-order valence-electron chi connectivity index (χ3n) is 3.40. The highest BCUT2D eigenvalue weighted by Gasteiger charge is 2.28. The minimum absolute atomic E-state index is 0.0624. The van der Waals surface area contributed by atoms with Crippen LogP contribution in [0.2, 0.25) is 0 Å². The van der Waals surface area contributed by atoms with Crippen LogP contribution in [0.25, 0.3) is 0 Å². The van der Waals surface area contributed by atoms with E-state index in [2.05, 4.69) is 4.98 Å². The summed E-state index contributed by atoms with van der Waals surface area (Å²) in [6.45, 7) is 1.96. The smallest absolute Gasteiger partial charge is 0.296 e. The molecule has 0 saturated heterocycles. The van der Waals surface area contributed by atoms with Crippen molar-refractivity contribution in [3.63, 3.8) is 0 Å². The average molecular weight is 307 g/mol. The number of nitrogens with zero attached hydrogens (tertiary/aromatic N) is 1. The molecule has 1 saturated carbocycles. The fourth-order valence-electron chi connectivity index (χ4n) is 1.98. The van der Waals surface area contributed by atoms with Crippen molar-refractivity contribution in [2.24, 2.45) is 0 Å². The summed E-state index contributed by atoms with van der Waals surface area (Å²) in [6, 6.07) is 6.59. The van der Waals surface area contributed by atoms with E-state index >= 15 is 0 Å². The Morgan fingerprint density at radius 1 is 1.29 bits per heavy atom. The second kappa shape index (κ2) is 5.61. The first-order valence-electron chi connectivity index (χ1n) is 6.95. The van der Waals surface area contributed by atoms with Gasteiger partial charge in [-0.15, -0.1) is 0 Å². The van der Waals surface area contributed by atoms with Crippen LogP contribution in [0, 0.1) is 6.92 Å². The van der Waals surface area contributed by atoms with Crippen molar-refractivity contribution in [3.05, 3.63) is 47.7 Å². The summed E-state index contributed by atoms with van der Waals surface area (Å²) in [5.74, 6) is 1.21. The Labute approximate surface area is 124 Å². The molecule has 1 aliphatic carbocycles. The van der Waals surface area contributed by atoms with Gasteiger partial charge in [-0.2, -0.15) is 8.42 Å². The zero-order valence-electron chi connectivity index (χ0n) is 11.8. The Morgan fingerprint density at radius 2 is 2.00 bits per heavy atom. The van der Waals surface area contributed by atoms with Gasteiger partial charge >= 0.3 is 0 Å². The van der Waals surface area contributed by atoms with Crippen LogP contribution >= 0.6 is 0 Å². The first kappa shape index (κ1) is 14.3. The highest BCUT2D eigenvalue weighted by molar-refractivity contribution is 7.86. The molecule has 112 valence electrons. The van der Waals surface area contributed by atoms with Gasteiger partial charge in [-0.25, -0.2) is 4.98 Å². The van der Waals surface area contributed by atoms with Gasteiger partial charge in [0.25, 0.3) is 10.1 Å². The summed E-state index contributed by atoms with van der Waals surface area (Å²) in [5, 5.41) is 0. The molecule has 0 bridgehead atoms. The van der Waals surface area contributed by atoms with Crippen LogP contribution < -0.4 is 0 Å². The highest BCUT2D eigenvalue weighted by Crippen LogP contribution is 2.39. The Morgan fingerprint density at radius 3 is 2.67 bits per heavy atom. The Balaban J connectivity index is 1.57. The number of aryl methyl sites for hydroxylation is 1. The number of oxazole rings is 1. The van der Waals surface area contributed by atoms with Crippen LogP contribution in [-0.4, -0.2) is 20.0 Å². The van der Waals surface area contributed by atoms with E-state index in [-0.39, 0.29) is 11.5 Å². The topological polar surface area (TPSA) is 69.4 Å². The molecule has 3 rings (SSSR count). The van der Waals surface area contributed by atoms with Gasteiger partial charge in [-0.3, -0.25) is 4.18 Å². The monoisotopic (exact) mass is 307 g/mol. The molecular formula is C15H17NO4S. The fraction of sp³-hybridized carbons (Fsp3) is 0.400. The molecule has 0 spiro atoms. The van der Waals surface area contributed by atoms with E-state index in [0.717, 1.165) is 30.0 Å². The van der Waals surface area contributed by atoms with Crippen LogP contribution in [0.1, 0.15) is 35.9 Å². The van der Waals surface area contributed by atoms with Gasteiger partial charge < -0.3 is 4.42 Å². The predicted octanol–water partition coefficient (Wildman–Crippen LogP) is 2.81. The summed E-state index contributed by atoms with van der Waals surface area (Å²) < 4.78 is 34.4. The molecule has 1 fully saturated rings. The van der Waals surface area contributed by atoms with Crippen molar-refractivity contribution in [1.29, 1.82) is 0 Å². The quantitative estimate of drug-likeness (QED) is 0.768. The van der Waals surface area contributed by atoms with Gasteiger partial charge in [-0.05, 0) is 31.9 Å². The molecule has 5 nitrogen and oxygen atoms in total. The summed E-state index contributed by atoms with van der Waals surface area (Å²) in [6.07, 6.45) is 4.24. The molecule has 0 aliphatic heterocycles. The standard InChI is InChI=1S/C15H17NO4S/c1-11-2-6-14(7-3-11)21(17,18)20-9-8-13-10-19-15(16-13)12-4-5-12/h2-3,6-7,10,12H,4-5,8-9H2,1H3. The second-order valence-electron chi connectivity index (χ2n) is 5.29. The SMILES string of the molecule is Cc1ccc(S(=O)(=O)OCCc2coc(C3CC3)n2)cc1. The Hall–Kier alpha value is -1.66. The minimum atomic E-state index is -3.70. The lowest BCUT2D eigenvalue weighted by Crippen LogP contribution is -2.09. The lowest BCUT2D eigenvalue weighted by molar-refractivity contribution is 0.320. The summed E-state index contributed by atoms with van der Waals surface area (Å²) in [4.78, 5) is 4.51. The molecule has 0 N–H and O–H groups in total. The largest absolute Gasteiger partial charge is 0.448 e. The van der Waals surface area contributed by atoms with Gasteiger partial charge in [0.05, 0.1) is 17.2 Å². The molecule has 21 heavy (non-hydrogen) atoms. The predicted molar refractivity (Wildman–Crippen MR) is 76.5 cm³/mol. The van der Waals surface area contributed by atoms with Crippen molar-refractivity contribution in [2.45, 2.75) is 37.0 Å². The summed E-state index contributed by atoms with van der Waals surface area (Å²) in [5.41, 5.74) is 1.74. The molecule has 0 radical (unpaired) electrons. The minimum Gasteiger partial charge on any atom is -0.448 e. The molecule has 2 aromatic rings. The first-order valence-corrected chi connectivity index (χ1v) is 8.36. The summed E-state index contributed by atoms with van der Waals surface area (Å²) in [7, 11) is -3.70. The van der Waals surface area contributed by atoms with Crippen molar-refractivity contribution < 1.29 is 17.0 Å². The molecule has 0 atom stereocenters. The van der Waals surface area contributed by atoms with Crippen molar-refractivity contribution in [2.75, 3.05) is 6.61 Å². The van der Waals surface area contributed by atoms with E-state index in [0.29, 0.717) is 12.3 Å². The number of aromatic nitrogens is 1. The van der Waals surface area contributed by atoms with Crippen molar-refractivity contribution in [1.82, 2.24) is 4.98 Å². The number of hydrogen-bond acceptors (Lipinski definition) is 5. The van der Waals surface area contributed by atoms with Crippen molar-refractivity contribution in [3.8, 4) is 0 Å². The Kier molecular flexibility index (Phi) is 3.82. The number of rotatable bonds is 6. The van der Waals surface area contributed by atoms with E-state index in [4.69, 9.17) is 8.60 Å². The molecule has 1 aromatic carbocycles. The van der Waals surface area contributed by atoms with Gasteiger partial charge in [0.15, 0.2) is 5.89 Å². The van der Waals surface area contributed by atoms with Gasteiger partial charge in [0, 0.05) is 12.3 Å². The highest BCUT2D eigenvalue weighted by atomic mass is 32.2. The van der Waals surface area contributed by atoms with E-state index in [1.807, 2.05) is 6.92 Å². The zero-order valence-corrected chi connectivity index (χ0v) is 12.6. The van der Waals surface area contributed by atoms with Gasteiger partial charge in [-0.1, -0.05) is 17.7 Å². The third kappa shape index (κ3) is 3.51. The molecule has 0 unspecified atom stereocenters. The Bertz CT molecular complexity index is 714. The van der Waals surface area contributed by atoms with Crippen LogP contribution in [0.5, 0.6) is 0 Å². The third-order valence-corrected chi connectivity index (χ3v) is 4.73. The lowest BCUT2D eigenvalue weighted by Gasteiger charge is -2.04. The molecule has 1 aromatic heterocycles. The molecule has 1 aliphatic rings. The van der Waals surface area contributed by atoms with E-state index in [1.165, 1.54) is 0 Å². The van der Waals surface area contributed by atoms with Crippen LogP contribution in [0.4, 0.5) is 0 Å². The molecule has 6 heteroatoms. The maximum absolute atomic E-state index is 12.0. The molecule has 0 amide bonds. The van der Waals surface area contributed by atoms with Crippen LogP contribution in [-0.2, 0) is 20.7 Å². The normalized spacial score (nSPS) is 15.3. The average Bonchev–Trinajstić information content (AvgIpc) is 3.19. The van der Waals surface area contributed by atoms with Gasteiger partial charge in [0.2, 0.25) is 0 Å². The van der Waals surface area contributed by atoms with Gasteiger partial charge in [0.1, 0.15) is 6.26 Å². The number of benzene rings is 1. The van der Waals surface area contributed by atoms with Crippen LogP contribution in [0.3, 0.4) is 0 Å². The molecule has 1 heterocycles. The van der Waals surface area contributed by atoms with Crippen LogP contribution in [0.15, 0.2) is 39.8 Å². The van der Waals surface area contributed by atoms with Crippen molar-refractivity contribution >= 4 is 10.1 Å². The maximum atomic E-state index is 12.0. The van der Waals surface area contributed by atoms with E-state index in [9.17, 15) is 8.42 Å². The zero-order chi connectivity index (χ0) is 14.9. The first-order chi connectivity index (χ1) is 10.0.